The third-order valence-corrected chi connectivity index (χ3v) is 2.44. The van der Waals surface area contributed by atoms with E-state index in [0.29, 0.717) is 5.56 Å². The third-order valence-electron chi connectivity index (χ3n) is 2.44. The maximum Gasteiger partial charge on any atom is 0.170 e. The average Bonchev–Trinajstić information content (AvgIpc) is 2.53. The number of rotatable bonds is 1. The fourth-order valence-electron chi connectivity index (χ4n) is 1.66. The summed E-state index contributed by atoms with van der Waals surface area (Å²) in [4.78, 5) is 0. The molecule has 0 atom stereocenters. The molecule has 0 saturated heterocycles. The topological polar surface area (TPSA) is 76.4 Å². The number of hydrogen-bond acceptors (Lipinski definition) is 3. The lowest BCUT2D eigenvalue weighted by molar-refractivity contribution is 0.318. The third kappa shape index (κ3) is 1.41. The quantitative estimate of drug-likeness (QED) is 0.314. The summed E-state index contributed by atoms with van der Waals surface area (Å²) >= 11 is 0. The fourth-order valence-corrected chi connectivity index (χ4v) is 1.66. The van der Waals surface area contributed by atoms with Crippen molar-refractivity contribution < 1.29 is 5.21 Å². The molecule has 3 N–H and O–H groups in total. The Bertz CT molecular complexity index is 542. The maximum absolute atomic E-state index is 8.58. The van der Waals surface area contributed by atoms with Crippen LogP contribution in [0.15, 0.2) is 23.4 Å². The summed E-state index contributed by atoms with van der Waals surface area (Å²) in [6, 6.07) is 5.58. The van der Waals surface area contributed by atoms with Gasteiger partial charge in [0.1, 0.15) is 0 Å². The van der Waals surface area contributed by atoms with Gasteiger partial charge in [0.05, 0.1) is 11.2 Å². The summed E-state index contributed by atoms with van der Waals surface area (Å²) in [5, 5.41) is 16.9. The predicted octanol–water partition coefficient (Wildman–Crippen LogP) is 0.976. The molecule has 5 heteroatoms. The number of benzene rings is 1. The Morgan fingerprint density at radius 3 is 2.93 bits per heavy atom. The van der Waals surface area contributed by atoms with Crippen molar-refractivity contribution in [3.63, 3.8) is 0 Å². The Morgan fingerprint density at radius 2 is 2.27 bits per heavy atom. The van der Waals surface area contributed by atoms with E-state index in [1.807, 2.05) is 32.2 Å². The number of oxime groups is 1. The first-order valence-electron chi connectivity index (χ1n) is 4.54. The molecule has 78 valence electrons. The lowest BCUT2D eigenvalue weighted by Crippen LogP contribution is -2.12. The van der Waals surface area contributed by atoms with Crippen LogP contribution in [0.2, 0.25) is 0 Å². The first-order chi connectivity index (χ1) is 7.13. The molecule has 2 aromatic rings. The van der Waals surface area contributed by atoms with E-state index in [1.54, 1.807) is 4.68 Å². The summed E-state index contributed by atoms with van der Waals surface area (Å²) in [7, 11) is 1.87. The zero-order valence-electron chi connectivity index (χ0n) is 8.60. The molecule has 0 aliphatic rings. The van der Waals surface area contributed by atoms with Gasteiger partial charge in [-0.25, -0.2) is 0 Å². The Hall–Kier alpha value is -2.04. The molecule has 0 bridgehead atoms. The van der Waals surface area contributed by atoms with Gasteiger partial charge in [-0.05, 0) is 13.0 Å². The van der Waals surface area contributed by atoms with Gasteiger partial charge in [0.25, 0.3) is 0 Å². The molecule has 0 spiro atoms. The summed E-state index contributed by atoms with van der Waals surface area (Å²) in [6.07, 6.45) is 0. The van der Waals surface area contributed by atoms with Gasteiger partial charge in [-0.15, -0.1) is 0 Å². The molecule has 1 aromatic heterocycles. The molecular weight excluding hydrogens is 192 g/mol. The molecule has 1 heterocycles. The Morgan fingerprint density at radius 1 is 1.53 bits per heavy atom. The lowest BCUT2D eigenvalue weighted by atomic mass is 10.1. The van der Waals surface area contributed by atoms with Crippen LogP contribution in [0.25, 0.3) is 10.9 Å². The Labute approximate surface area is 86.8 Å². The van der Waals surface area contributed by atoms with Crippen LogP contribution in [0.3, 0.4) is 0 Å². The first-order valence-corrected chi connectivity index (χ1v) is 4.54. The molecule has 0 radical (unpaired) electrons. The molecule has 0 aliphatic carbocycles. The van der Waals surface area contributed by atoms with Crippen LogP contribution in [0, 0.1) is 6.92 Å². The number of aryl methyl sites for hydroxylation is 2. The second-order valence-electron chi connectivity index (χ2n) is 3.43. The number of fused-ring (bicyclic) bond motifs is 1. The molecule has 2 rings (SSSR count). The van der Waals surface area contributed by atoms with E-state index >= 15 is 0 Å². The summed E-state index contributed by atoms with van der Waals surface area (Å²) in [5.41, 5.74) is 8.14. The minimum Gasteiger partial charge on any atom is -0.409 e. The molecule has 5 nitrogen and oxygen atoms in total. The minimum atomic E-state index is 0.107. The van der Waals surface area contributed by atoms with Crippen molar-refractivity contribution in [2.45, 2.75) is 6.92 Å². The van der Waals surface area contributed by atoms with Crippen molar-refractivity contribution in [2.75, 3.05) is 0 Å². The van der Waals surface area contributed by atoms with Crippen LogP contribution in [-0.4, -0.2) is 20.8 Å². The molecule has 0 saturated carbocycles. The highest BCUT2D eigenvalue weighted by Gasteiger charge is 2.07. The standard InChI is InChI=1S/C10H12N4O/c1-6-8-4-3-7(10(11)13-15)5-9(8)14(2)12-6/h3-5,15H,1-2H3,(H2,11,13). The van der Waals surface area contributed by atoms with Crippen molar-refractivity contribution in [1.29, 1.82) is 0 Å². The van der Waals surface area contributed by atoms with Gasteiger partial charge >= 0.3 is 0 Å². The molecule has 0 unspecified atom stereocenters. The average molecular weight is 204 g/mol. The summed E-state index contributed by atoms with van der Waals surface area (Å²) in [6.45, 7) is 1.95. The largest absolute Gasteiger partial charge is 0.409 e. The molecule has 0 amide bonds. The fraction of sp³-hybridized carbons (Fsp3) is 0.200. The van der Waals surface area contributed by atoms with Crippen LogP contribution in [-0.2, 0) is 7.05 Å². The highest BCUT2D eigenvalue weighted by Crippen LogP contribution is 2.18. The van der Waals surface area contributed by atoms with E-state index in [4.69, 9.17) is 10.9 Å². The van der Waals surface area contributed by atoms with Crippen molar-refractivity contribution in [1.82, 2.24) is 9.78 Å². The Kier molecular flexibility index (Phi) is 2.07. The number of hydrogen-bond donors (Lipinski definition) is 2. The van der Waals surface area contributed by atoms with Gasteiger partial charge in [-0.1, -0.05) is 17.3 Å². The predicted molar refractivity (Wildman–Crippen MR) is 58.0 cm³/mol. The molecule has 1 aromatic carbocycles. The molecule has 0 fully saturated rings. The van der Waals surface area contributed by atoms with Gasteiger partial charge in [0.15, 0.2) is 5.84 Å². The van der Waals surface area contributed by atoms with Crippen LogP contribution >= 0.6 is 0 Å². The smallest absolute Gasteiger partial charge is 0.170 e. The molecular formula is C10H12N4O. The van der Waals surface area contributed by atoms with E-state index < -0.39 is 0 Å². The first kappa shape index (κ1) is 9.51. The van der Waals surface area contributed by atoms with E-state index in [1.165, 1.54) is 0 Å². The van der Waals surface area contributed by atoms with Crippen LogP contribution in [0.5, 0.6) is 0 Å². The van der Waals surface area contributed by atoms with E-state index in [-0.39, 0.29) is 5.84 Å². The number of amidine groups is 1. The molecule has 15 heavy (non-hydrogen) atoms. The van der Waals surface area contributed by atoms with Crippen molar-refractivity contribution in [3.8, 4) is 0 Å². The summed E-state index contributed by atoms with van der Waals surface area (Å²) < 4.78 is 1.78. The van der Waals surface area contributed by atoms with Gasteiger partial charge in [0.2, 0.25) is 0 Å². The van der Waals surface area contributed by atoms with Crippen molar-refractivity contribution >= 4 is 16.7 Å². The SMILES string of the molecule is Cc1nn(C)c2cc(C(N)=NO)ccc12. The normalized spacial score (nSPS) is 12.3. The summed E-state index contributed by atoms with van der Waals surface area (Å²) in [5.74, 6) is 0.107. The minimum absolute atomic E-state index is 0.107. The highest BCUT2D eigenvalue weighted by atomic mass is 16.4. The highest BCUT2D eigenvalue weighted by molar-refractivity contribution is 6.00. The zero-order valence-corrected chi connectivity index (χ0v) is 8.60. The molecule has 0 aliphatic heterocycles. The lowest BCUT2D eigenvalue weighted by Gasteiger charge is -1.99. The van der Waals surface area contributed by atoms with Crippen LogP contribution < -0.4 is 5.73 Å². The van der Waals surface area contributed by atoms with E-state index in [0.717, 1.165) is 16.6 Å². The second kappa shape index (κ2) is 3.27. The number of nitrogens with zero attached hydrogens (tertiary/aromatic N) is 3. The maximum atomic E-state index is 8.58. The zero-order chi connectivity index (χ0) is 11.0. The van der Waals surface area contributed by atoms with Crippen LogP contribution in [0.1, 0.15) is 11.3 Å². The van der Waals surface area contributed by atoms with Gasteiger partial charge in [-0.2, -0.15) is 5.10 Å². The second-order valence-corrected chi connectivity index (χ2v) is 3.43. The van der Waals surface area contributed by atoms with Crippen molar-refractivity contribution in [3.05, 3.63) is 29.5 Å². The monoisotopic (exact) mass is 204 g/mol. The van der Waals surface area contributed by atoms with Gasteiger partial charge in [0, 0.05) is 18.0 Å². The van der Waals surface area contributed by atoms with Gasteiger partial charge < -0.3 is 10.9 Å². The van der Waals surface area contributed by atoms with E-state index in [9.17, 15) is 0 Å². The number of aromatic nitrogens is 2. The van der Waals surface area contributed by atoms with Crippen LogP contribution in [0.4, 0.5) is 0 Å². The van der Waals surface area contributed by atoms with Gasteiger partial charge in [-0.3, -0.25) is 4.68 Å². The van der Waals surface area contributed by atoms with E-state index in [2.05, 4.69) is 10.3 Å². The van der Waals surface area contributed by atoms with Crippen molar-refractivity contribution in [2.24, 2.45) is 17.9 Å². The Balaban J connectivity index is 2.70. The number of nitrogens with two attached hydrogens (primary N) is 1.